The van der Waals surface area contributed by atoms with Crippen LogP contribution in [0.1, 0.15) is 51.0 Å². The van der Waals surface area contributed by atoms with Crippen LogP contribution in [0.2, 0.25) is 5.02 Å². The molecule has 0 radical (unpaired) electrons. The fourth-order valence-corrected chi connectivity index (χ4v) is 2.51. The van der Waals surface area contributed by atoms with E-state index in [2.05, 4.69) is 12.2 Å². The zero-order valence-corrected chi connectivity index (χ0v) is 14.3. The second-order valence-electron chi connectivity index (χ2n) is 5.24. The second-order valence-corrected chi connectivity index (χ2v) is 5.65. The molecule has 4 heteroatoms. The molecule has 0 unspecified atom stereocenters. The topological polar surface area (TPSA) is 30.5 Å². The maximum atomic E-state index is 6.26. The highest BCUT2D eigenvalue weighted by atomic mass is 35.5. The molecular formula is C17H28ClNO2. The normalized spacial score (nSPS) is 10.7. The SMILES string of the molecule is CCCCCCCCNCc1cc(OC)c(OC)cc1Cl. The molecule has 1 aromatic carbocycles. The Morgan fingerprint density at radius 1 is 0.952 bits per heavy atom. The summed E-state index contributed by atoms with van der Waals surface area (Å²) in [4.78, 5) is 0. The summed E-state index contributed by atoms with van der Waals surface area (Å²) in [5.74, 6) is 1.39. The molecular weight excluding hydrogens is 286 g/mol. The minimum atomic E-state index is 0.669. The zero-order chi connectivity index (χ0) is 15.5. The van der Waals surface area contributed by atoms with Gasteiger partial charge in [0, 0.05) is 17.6 Å². The lowest BCUT2D eigenvalue weighted by Crippen LogP contribution is -2.15. The van der Waals surface area contributed by atoms with Gasteiger partial charge >= 0.3 is 0 Å². The number of benzene rings is 1. The first-order valence-electron chi connectivity index (χ1n) is 7.84. The van der Waals surface area contributed by atoms with Crippen molar-refractivity contribution in [2.75, 3.05) is 20.8 Å². The number of rotatable bonds is 11. The van der Waals surface area contributed by atoms with Crippen LogP contribution in [0.15, 0.2) is 12.1 Å². The average Bonchev–Trinajstić information content (AvgIpc) is 2.50. The van der Waals surface area contributed by atoms with Gasteiger partial charge in [0.2, 0.25) is 0 Å². The molecule has 0 saturated heterocycles. The van der Waals surface area contributed by atoms with Gasteiger partial charge in [0.25, 0.3) is 0 Å². The van der Waals surface area contributed by atoms with Gasteiger partial charge in [0.1, 0.15) is 0 Å². The maximum Gasteiger partial charge on any atom is 0.162 e. The molecule has 0 amide bonds. The molecule has 0 heterocycles. The van der Waals surface area contributed by atoms with Gasteiger partial charge in [0.15, 0.2) is 11.5 Å². The lowest BCUT2D eigenvalue weighted by atomic mass is 10.1. The first-order chi connectivity index (χ1) is 10.2. The fourth-order valence-electron chi connectivity index (χ4n) is 2.29. The largest absolute Gasteiger partial charge is 0.493 e. The molecule has 0 atom stereocenters. The molecule has 0 saturated carbocycles. The number of nitrogens with one attached hydrogen (secondary N) is 1. The van der Waals surface area contributed by atoms with Crippen LogP contribution in [0.5, 0.6) is 11.5 Å². The van der Waals surface area contributed by atoms with E-state index in [1.807, 2.05) is 12.1 Å². The van der Waals surface area contributed by atoms with Crippen molar-refractivity contribution >= 4 is 11.6 Å². The first-order valence-corrected chi connectivity index (χ1v) is 8.21. The Hall–Kier alpha value is -0.930. The Balaban J connectivity index is 2.32. The highest BCUT2D eigenvalue weighted by Crippen LogP contribution is 2.32. The van der Waals surface area contributed by atoms with Gasteiger partial charge in [-0.25, -0.2) is 0 Å². The Labute approximate surface area is 134 Å². The molecule has 1 N–H and O–H groups in total. The number of hydrogen-bond donors (Lipinski definition) is 1. The van der Waals surface area contributed by atoms with Crippen LogP contribution in [-0.4, -0.2) is 20.8 Å². The van der Waals surface area contributed by atoms with Crippen LogP contribution >= 0.6 is 11.6 Å². The van der Waals surface area contributed by atoms with Gasteiger partial charge in [-0.1, -0.05) is 50.6 Å². The third-order valence-corrected chi connectivity index (χ3v) is 3.93. The van der Waals surface area contributed by atoms with E-state index in [-0.39, 0.29) is 0 Å². The van der Waals surface area contributed by atoms with E-state index in [9.17, 15) is 0 Å². The van der Waals surface area contributed by atoms with Crippen LogP contribution in [0.25, 0.3) is 0 Å². The third-order valence-electron chi connectivity index (χ3n) is 3.58. The second kappa shape index (κ2) is 10.7. The molecule has 1 rings (SSSR count). The van der Waals surface area contributed by atoms with Crippen molar-refractivity contribution in [1.29, 1.82) is 0 Å². The molecule has 21 heavy (non-hydrogen) atoms. The summed E-state index contributed by atoms with van der Waals surface area (Å²) < 4.78 is 10.5. The summed E-state index contributed by atoms with van der Waals surface area (Å²) in [6.45, 7) is 4.03. The van der Waals surface area contributed by atoms with E-state index < -0.39 is 0 Å². The Kier molecular flexibility index (Phi) is 9.27. The van der Waals surface area contributed by atoms with E-state index in [4.69, 9.17) is 21.1 Å². The number of ether oxygens (including phenoxy) is 2. The van der Waals surface area contributed by atoms with Gasteiger partial charge in [-0.2, -0.15) is 0 Å². The van der Waals surface area contributed by atoms with E-state index >= 15 is 0 Å². The Morgan fingerprint density at radius 3 is 2.24 bits per heavy atom. The predicted molar refractivity (Wildman–Crippen MR) is 89.6 cm³/mol. The average molecular weight is 314 g/mol. The molecule has 0 spiro atoms. The van der Waals surface area contributed by atoms with Gasteiger partial charge in [-0.3, -0.25) is 0 Å². The monoisotopic (exact) mass is 313 g/mol. The van der Waals surface area contributed by atoms with Crippen molar-refractivity contribution < 1.29 is 9.47 Å². The summed E-state index contributed by atoms with van der Waals surface area (Å²) >= 11 is 6.26. The summed E-state index contributed by atoms with van der Waals surface area (Å²) in [6.07, 6.45) is 7.87. The Bertz CT molecular complexity index is 410. The van der Waals surface area contributed by atoms with Crippen molar-refractivity contribution in [3.8, 4) is 11.5 Å². The van der Waals surface area contributed by atoms with Crippen LogP contribution < -0.4 is 14.8 Å². The lowest BCUT2D eigenvalue weighted by molar-refractivity contribution is 0.354. The lowest BCUT2D eigenvalue weighted by Gasteiger charge is -2.12. The molecule has 120 valence electrons. The van der Waals surface area contributed by atoms with Gasteiger partial charge < -0.3 is 14.8 Å². The van der Waals surface area contributed by atoms with Crippen molar-refractivity contribution in [2.45, 2.75) is 52.0 Å². The van der Waals surface area contributed by atoms with Crippen molar-refractivity contribution in [3.63, 3.8) is 0 Å². The number of methoxy groups -OCH3 is 2. The summed E-state index contributed by atoms with van der Waals surface area (Å²) in [6, 6.07) is 3.75. The first kappa shape index (κ1) is 18.1. The number of halogens is 1. The molecule has 0 aromatic heterocycles. The third kappa shape index (κ3) is 6.58. The van der Waals surface area contributed by atoms with Gasteiger partial charge in [-0.15, -0.1) is 0 Å². The van der Waals surface area contributed by atoms with Gasteiger partial charge in [-0.05, 0) is 24.6 Å². The summed E-state index contributed by atoms with van der Waals surface area (Å²) in [5.41, 5.74) is 1.04. The van der Waals surface area contributed by atoms with E-state index in [0.717, 1.165) is 24.4 Å². The summed E-state index contributed by atoms with van der Waals surface area (Å²) in [5, 5.41) is 4.15. The molecule has 3 nitrogen and oxygen atoms in total. The van der Waals surface area contributed by atoms with E-state index in [0.29, 0.717) is 10.8 Å². The highest BCUT2D eigenvalue weighted by molar-refractivity contribution is 6.31. The quantitative estimate of drug-likeness (QED) is 0.595. The van der Waals surface area contributed by atoms with Crippen LogP contribution in [0, 0.1) is 0 Å². The van der Waals surface area contributed by atoms with E-state index in [1.54, 1.807) is 14.2 Å². The predicted octanol–water partition coefficient (Wildman–Crippen LogP) is 4.81. The molecule has 0 aliphatic carbocycles. The molecule has 0 aliphatic rings. The number of hydrogen-bond acceptors (Lipinski definition) is 3. The molecule has 1 aromatic rings. The zero-order valence-electron chi connectivity index (χ0n) is 13.5. The van der Waals surface area contributed by atoms with Crippen molar-refractivity contribution in [2.24, 2.45) is 0 Å². The fraction of sp³-hybridized carbons (Fsp3) is 0.647. The molecule has 0 fully saturated rings. The number of unbranched alkanes of at least 4 members (excludes halogenated alkanes) is 5. The van der Waals surface area contributed by atoms with Gasteiger partial charge in [0.05, 0.1) is 14.2 Å². The van der Waals surface area contributed by atoms with Crippen molar-refractivity contribution in [1.82, 2.24) is 5.32 Å². The summed E-state index contributed by atoms with van der Waals surface area (Å²) in [7, 11) is 3.25. The van der Waals surface area contributed by atoms with Crippen LogP contribution in [0.3, 0.4) is 0 Å². The molecule has 0 bridgehead atoms. The Morgan fingerprint density at radius 2 is 1.57 bits per heavy atom. The molecule has 0 aliphatic heterocycles. The standard InChI is InChI=1S/C17H28ClNO2/c1-4-5-6-7-8-9-10-19-13-14-11-16(20-2)17(21-3)12-15(14)18/h11-12,19H,4-10,13H2,1-3H3. The minimum absolute atomic E-state index is 0.669. The maximum absolute atomic E-state index is 6.26. The van der Waals surface area contributed by atoms with Crippen LogP contribution in [0.4, 0.5) is 0 Å². The minimum Gasteiger partial charge on any atom is -0.493 e. The highest BCUT2D eigenvalue weighted by Gasteiger charge is 2.09. The van der Waals surface area contributed by atoms with Crippen molar-refractivity contribution in [3.05, 3.63) is 22.7 Å². The smallest absolute Gasteiger partial charge is 0.162 e. The van der Waals surface area contributed by atoms with Crippen LogP contribution in [-0.2, 0) is 6.54 Å². The van der Waals surface area contributed by atoms with E-state index in [1.165, 1.54) is 38.5 Å².